The van der Waals surface area contributed by atoms with E-state index < -0.39 is 6.04 Å². The standard InChI is InChI=1S/C20H18Cl2N4O2/c1-26-11-10-23-19(26)18(13-2-6-15(21)7-3-13)25-17(27)12-24-20(28)14-4-8-16(22)9-5-14/h2-11,18H,12H2,1H3,(H,24,28)(H,25,27)/t18-/m0/s1. The second kappa shape index (κ2) is 8.91. The zero-order valence-corrected chi connectivity index (χ0v) is 16.5. The van der Waals surface area contributed by atoms with Gasteiger partial charge in [-0.05, 0) is 42.0 Å². The Morgan fingerprint density at radius 1 is 1.04 bits per heavy atom. The van der Waals surface area contributed by atoms with E-state index in [2.05, 4.69) is 15.6 Å². The molecular weight excluding hydrogens is 399 g/mol. The monoisotopic (exact) mass is 416 g/mol. The van der Waals surface area contributed by atoms with Gasteiger partial charge in [0.25, 0.3) is 5.91 Å². The number of hydrogen-bond acceptors (Lipinski definition) is 3. The molecular formula is C20H18Cl2N4O2. The van der Waals surface area contributed by atoms with Crippen LogP contribution >= 0.6 is 23.2 Å². The van der Waals surface area contributed by atoms with E-state index in [-0.39, 0.29) is 18.4 Å². The minimum Gasteiger partial charge on any atom is -0.343 e. The number of nitrogens with one attached hydrogen (secondary N) is 2. The van der Waals surface area contributed by atoms with Crippen molar-refractivity contribution in [3.05, 3.63) is 87.9 Å². The summed E-state index contributed by atoms with van der Waals surface area (Å²) in [6.07, 6.45) is 3.46. The fraction of sp³-hybridized carbons (Fsp3) is 0.150. The molecule has 8 heteroatoms. The van der Waals surface area contributed by atoms with Crippen molar-refractivity contribution in [2.45, 2.75) is 6.04 Å². The maximum Gasteiger partial charge on any atom is 0.251 e. The van der Waals surface area contributed by atoms with Crippen LogP contribution < -0.4 is 10.6 Å². The van der Waals surface area contributed by atoms with Crippen LogP contribution in [-0.4, -0.2) is 27.9 Å². The number of imidazole rings is 1. The first-order valence-electron chi connectivity index (χ1n) is 8.50. The Balaban J connectivity index is 1.69. The molecule has 1 heterocycles. The Morgan fingerprint density at radius 2 is 1.64 bits per heavy atom. The molecule has 0 aliphatic carbocycles. The van der Waals surface area contributed by atoms with Crippen LogP contribution in [0.1, 0.15) is 27.8 Å². The molecule has 144 valence electrons. The van der Waals surface area contributed by atoms with Gasteiger partial charge in [-0.1, -0.05) is 35.3 Å². The predicted molar refractivity (Wildman–Crippen MR) is 108 cm³/mol. The average molecular weight is 417 g/mol. The molecule has 0 aliphatic heterocycles. The third kappa shape index (κ3) is 4.91. The van der Waals surface area contributed by atoms with Gasteiger partial charge in [0.1, 0.15) is 11.9 Å². The van der Waals surface area contributed by atoms with E-state index in [0.717, 1.165) is 5.56 Å². The highest BCUT2D eigenvalue weighted by molar-refractivity contribution is 6.30. The molecule has 0 saturated heterocycles. The van der Waals surface area contributed by atoms with Crippen LogP contribution in [-0.2, 0) is 11.8 Å². The molecule has 2 amide bonds. The largest absolute Gasteiger partial charge is 0.343 e. The molecule has 28 heavy (non-hydrogen) atoms. The quantitative estimate of drug-likeness (QED) is 0.646. The number of nitrogens with zero attached hydrogens (tertiary/aromatic N) is 2. The number of amides is 2. The van der Waals surface area contributed by atoms with Crippen molar-refractivity contribution in [3.63, 3.8) is 0 Å². The smallest absolute Gasteiger partial charge is 0.251 e. The van der Waals surface area contributed by atoms with Crippen molar-refractivity contribution in [2.75, 3.05) is 6.54 Å². The normalized spacial score (nSPS) is 11.7. The minimum absolute atomic E-state index is 0.171. The lowest BCUT2D eigenvalue weighted by Crippen LogP contribution is -2.39. The van der Waals surface area contributed by atoms with Crippen molar-refractivity contribution in [1.29, 1.82) is 0 Å². The first-order valence-corrected chi connectivity index (χ1v) is 9.25. The van der Waals surface area contributed by atoms with Crippen LogP contribution in [0.15, 0.2) is 60.9 Å². The highest BCUT2D eigenvalue weighted by Gasteiger charge is 2.21. The van der Waals surface area contributed by atoms with Gasteiger partial charge in [0.2, 0.25) is 5.91 Å². The topological polar surface area (TPSA) is 76.0 Å². The summed E-state index contributed by atoms with van der Waals surface area (Å²) in [5.74, 6) is -0.0307. The van der Waals surface area contributed by atoms with Crippen molar-refractivity contribution < 1.29 is 9.59 Å². The van der Waals surface area contributed by atoms with E-state index in [0.29, 0.717) is 21.4 Å². The maximum absolute atomic E-state index is 12.5. The molecule has 3 aromatic rings. The maximum atomic E-state index is 12.5. The number of hydrogen-bond donors (Lipinski definition) is 2. The van der Waals surface area contributed by atoms with E-state index in [9.17, 15) is 9.59 Å². The van der Waals surface area contributed by atoms with Gasteiger partial charge in [-0.2, -0.15) is 0 Å². The van der Waals surface area contributed by atoms with Gasteiger partial charge in [0.15, 0.2) is 0 Å². The molecule has 0 saturated carbocycles. The SMILES string of the molecule is Cn1ccnc1[C@@H](NC(=O)CNC(=O)c1ccc(Cl)cc1)c1ccc(Cl)cc1. The Morgan fingerprint density at radius 3 is 2.21 bits per heavy atom. The van der Waals surface area contributed by atoms with Crippen molar-refractivity contribution in [1.82, 2.24) is 20.2 Å². The second-order valence-corrected chi connectivity index (χ2v) is 7.01. The third-order valence-electron chi connectivity index (χ3n) is 4.14. The summed E-state index contributed by atoms with van der Waals surface area (Å²) in [4.78, 5) is 29.0. The summed E-state index contributed by atoms with van der Waals surface area (Å²) in [7, 11) is 1.85. The van der Waals surface area contributed by atoms with Crippen LogP contribution in [0.25, 0.3) is 0 Å². The molecule has 0 unspecified atom stereocenters. The van der Waals surface area contributed by atoms with Gasteiger partial charge in [-0.3, -0.25) is 9.59 Å². The van der Waals surface area contributed by atoms with Crippen LogP contribution in [0.5, 0.6) is 0 Å². The first kappa shape index (κ1) is 19.9. The lowest BCUT2D eigenvalue weighted by molar-refractivity contribution is -0.120. The highest BCUT2D eigenvalue weighted by atomic mass is 35.5. The zero-order chi connectivity index (χ0) is 20.1. The van der Waals surface area contributed by atoms with Crippen molar-refractivity contribution in [3.8, 4) is 0 Å². The molecule has 1 aromatic heterocycles. The van der Waals surface area contributed by atoms with E-state index in [1.807, 2.05) is 23.7 Å². The molecule has 3 rings (SSSR count). The van der Waals surface area contributed by atoms with E-state index in [1.54, 1.807) is 48.8 Å². The third-order valence-corrected chi connectivity index (χ3v) is 4.65. The number of carbonyl (C=O) groups is 2. The molecule has 0 fully saturated rings. The molecule has 0 spiro atoms. The van der Waals surface area contributed by atoms with Gasteiger partial charge in [-0.15, -0.1) is 0 Å². The van der Waals surface area contributed by atoms with Crippen molar-refractivity contribution >= 4 is 35.0 Å². The van der Waals surface area contributed by atoms with Crippen molar-refractivity contribution in [2.24, 2.45) is 7.05 Å². The summed E-state index contributed by atoms with van der Waals surface area (Å²) in [6, 6.07) is 13.1. The average Bonchev–Trinajstić information content (AvgIpc) is 3.11. The number of carbonyl (C=O) groups excluding carboxylic acids is 2. The Labute approximate surface area is 172 Å². The molecule has 6 nitrogen and oxygen atoms in total. The molecule has 0 bridgehead atoms. The number of aryl methyl sites for hydroxylation is 1. The number of benzene rings is 2. The fourth-order valence-electron chi connectivity index (χ4n) is 2.68. The summed E-state index contributed by atoms with van der Waals surface area (Å²) >= 11 is 11.8. The highest BCUT2D eigenvalue weighted by Crippen LogP contribution is 2.22. The van der Waals surface area contributed by atoms with Crippen LogP contribution in [0.2, 0.25) is 10.0 Å². The Kier molecular flexibility index (Phi) is 6.34. The first-order chi connectivity index (χ1) is 13.4. The second-order valence-electron chi connectivity index (χ2n) is 6.14. The van der Waals surface area contributed by atoms with E-state index >= 15 is 0 Å². The predicted octanol–water partition coefficient (Wildman–Crippen LogP) is 3.36. The lowest BCUT2D eigenvalue weighted by atomic mass is 10.1. The Hall–Kier alpha value is -2.83. The van der Waals surface area contributed by atoms with Gasteiger partial charge in [-0.25, -0.2) is 4.98 Å². The van der Waals surface area contributed by atoms with E-state index in [4.69, 9.17) is 23.2 Å². The Bertz CT molecular complexity index is 969. The molecule has 1 atom stereocenters. The van der Waals surface area contributed by atoms with E-state index in [1.165, 1.54) is 0 Å². The summed E-state index contributed by atoms with van der Waals surface area (Å²) in [5, 5.41) is 6.65. The minimum atomic E-state index is -0.475. The molecule has 0 aliphatic rings. The lowest BCUT2D eigenvalue weighted by Gasteiger charge is -2.19. The summed E-state index contributed by atoms with van der Waals surface area (Å²) in [5.41, 5.74) is 1.26. The van der Waals surface area contributed by atoms with Crippen LogP contribution in [0, 0.1) is 0 Å². The number of aromatic nitrogens is 2. The zero-order valence-electron chi connectivity index (χ0n) is 15.0. The molecule has 2 aromatic carbocycles. The van der Waals surface area contributed by atoms with Gasteiger partial charge in [0.05, 0.1) is 6.54 Å². The van der Waals surface area contributed by atoms with Gasteiger partial charge in [0, 0.05) is 35.1 Å². The van der Waals surface area contributed by atoms with Crippen LogP contribution in [0.4, 0.5) is 0 Å². The fourth-order valence-corrected chi connectivity index (χ4v) is 2.94. The molecule has 0 radical (unpaired) electrons. The molecule has 2 N–H and O–H groups in total. The summed E-state index contributed by atoms with van der Waals surface area (Å²) < 4.78 is 1.83. The number of rotatable bonds is 6. The van der Waals surface area contributed by atoms with Gasteiger partial charge < -0.3 is 15.2 Å². The van der Waals surface area contributed by atoms with Crippen LogP contribution in [0.3, 0.4) is 0 Å². The summed E-state index contributed by atoms with van der Waals surface area (Å²) in [6.45, 7) is -0.171. The van der Waals surface area contributed by atoms with Gasteiger partial charge >= 0.3 is 0 Å². The number of halogens is 2.